The zero-order valence-corrected chi connectivity index (χ0v) is 11.8. The van der Waals surface area contributed by atoms with Gasteiger partial charge in [-0.15, -0.1) is 0 Å². The summed E-state index contributed by atoms with van der Waals surface area (Å²) >= 11 is 0. The van der Waals surface area contributed by atoms with E-state index in [2.05, 4.69) is 39.3 Å². The zero-order chi connectivity index (χ0) is 7.15. The predicted molar refractivity (Wildman–Crippen MR) is 46.7 cm³/mol. The van der Waals surface area contributed by atoms with Gasteiger partial charge in [0.25, 0.3) is 0 Å². The van der Waals surface area contributed by atoms with Gasteiger partial charge in [-0.05, 0) is 0 Å². The molecule has 0 atom stereocenters. The van der Waals surface area contributed by atoms with Gasteiger partial charge in [0.1, 0.15) is 0 Å². The Kier molecular flexibility index (Phi) is 60.5. The molecule has 2 radical (unpaired) electrons. The minimum absolute atomic E-state index is 0. The molecule has 5 heteroatoms. The fourth-order valence-electron chi connectivity index (χ4n) is 0. The number of hydrogen-bond acceptors (Lipinski definition) is 0. The molecule has 0 saturated heterocycles. The molecule has 0 aromatic rings. The van der Waals surface area contributed by atoms with E-state index in [-0.39, 0.29) is 48.7 Å². The molecule has 0 aromatic carbocycles. The summed E-state index contributed by atoms with van der Waals surface area (Å²) < 4.78 is 0. The number of rotatable bonds is 0. The first-order chi connectivity index (χ1) is 3.46. The maximum absolute atomic E-state index is 2.27. The maximum Gasteiger partial charge on any atom is 2.00 e. The topological polar surface area (TPSA) is 0 Å². The number of hydrogen-bond donors (Lipinski definition) is 0. The van der Waals surface area contributed by atoms with Crippen LogP contribution in [0, 0.1) is 0 Å². The van der Waals surface area contributed by atoms with Crippen molar-refractivity contribution >= 4 is 17.6 Å². The van der Waals surface area contributed by atoms with Crippen molar-refractivity contribution in [3.63, 3.8) is 0 Å². The summed E-state index contributed by atoms with van der Waals surface area (Å²) in [5.74, 6) is 0. The molecule has 0 spiro atoms. The van der Waals surface area contributed by atoms with Crippen LogP contribution in [0.2, 0.25) is 39.3 Å². The predicted octanol–water partition coefficient (Wildman–Crippen LogP) is -3.25. The van der Waals surface area contributed by atoms with Crippen LogP contribution in [-0.4, -0.2) is 17.6 Å². The smallest absolute Gasteiger partial charge is 1.00 e. The Labute approximate surface area is 88.0 Å². The molecular weight excluding hydrogens is 214 g/mol. The molecule has 0 heterocycles. The fourth-order valence-corrected chi connectivity index (χ4v) is 0. The van der Waals surface area contributed by atoms with Gasteiger partial charge in [0.05, 0.1) is 0 Å². The van der Waals surface area contributed by atoms with Gasteiger partial charge in [0.15, 0.2) is 0 Å². The van der Waals surface area contributed by atoms with E-state index in [1.807, 2.05) is 0 Å². The minimum Gasteiger partial charge on any atom is -1.00 e. The molecule has 0 amide bonds. The van der Waals surface area contributed by atoms with Crippen LogP contribution in [0.15, 0.2) is 0 Å². The third-order valence-electron chi connectivity index (χ3n) is 0. The SMILES string of the molecule is C[Si](C)C.C[Si](C)C.[F-].[F-].[Ti+2]. The van der Waals surface area contributed by atoms with Crippen LogP contribution in [-0.2, 0) is 21.7 Å². The van der Waals surface area contributed by atoms with E-state index in [1.165, 1.54) is 0 Å². The molecule has 0 bridgehead atoms. The normalized spacial score (nSPS) is 6.55. The first kappa shape index (κ1) is 29.6. The minimum atomic E-state index is 0. The van der Waals surface area contributed by atoms with Crippen molar-refractivity contribution in [2.45, 2.75) is 39.3 Å². The molecule has 0 N–H and O–H groups in total. The Morgan fingerprint density at radius 2 is 0.545 bits per heavy atom. The molecule has 0 nitrogen and oxygen atoms in total. The largest absolute Gasteiger partial charge is 2.00 e. The van der Waals surface area contributed by atoms with Crippen LogP contribution in [0.5, 0.6) is 0 Å². The second-order valence-electron chi connectivity index (χ2n) is 3.00. The average molecular weight is 232 g/mol. The molecule has 0 unspecified atom stereocenters. The van der Waals surface area contributed by atoms with Gasteiger partial charge in [-0.25, -0.2) is 0 Å². The van der Waals surface area contributed by atoms with Crippen molar-refractivity contribution in [3.05, 3.63) is 0 Å². The molecule has 0 aromatic heterocycles. The first-order valence-corrected chi connectivity index (χ1v) is 9.00. The summed E-state index contributed by atoms with van der Waals surface area (Å²) in [5, 5.41) is 0. The summed E-state index contributed by atoms with van der Waals surface area (Å²) in [6.07, 6.45) is 0. The molecule has 0 saturated carbocycles. The van der Waals surface area contributed by atoms with E-state index in [1.54, 1.807) is 0 Å². The van der Waals surface area contributed by atoms with Gasteiger partial charge in [-0.3, -0.25) is 0 Å². The van der Waals surface area contributed by atoms with Crippen LogP contribution in [0.1, 0.15) is 0 Å². The molecule has 0 aliphatic heterocycles. The first-order valence-electron chi connectivity index (χ1n) is 3.00. The summed E-state index contributed by atoms with van der Waals surface area (Å²) in [6, 6.07) is 0. The van der Waals surface area contributed by atoms with E-state index in [9.17, 15) is 0 Å². The molecule has 0 aliphatic carbocycles. The van der Waals surface area contributed by atoms with E-state index in [0.29, 0.717) is 0 Å². The van der Waals surface area contributed by atoms with E-state index in [4.69, 9.17) is 0 Å². The van der Waals surface area contributed by atoms with Crippen molar-refractivity contribution < 1.29 is 31.1 Å². The van der Waals surface area contributed by atoms with Gasteiger partial charge in [-0.2, -0.15) is 0 Å². The van der Waals surface area contributed by atoms with Crippen molar-refractivity contribution in [2.24, 2.45) is 0 Å². The van der Waals surface area contributed by atoms with Crippen LogP contribution in [0.25, 0.3) is 0 Å². The monoisotopic (exact) mass is 232 g/mol. The Morgan fingerprint density at radius 3 is 0.545 bits per heavy atom. The van der Waals surface area contributed by atoms with Crippen molar-refractivity contribution in [3.8, 4) is 0 Å². The quantitative estimate of drug-likeness (QED) is 0.385. The molecule has 11 heavy (non-hydrogen) atoms. The average Bonchev–Trinajstić information content (AvgIpc) is 1.25. The van der Waals surface area contributed by atoms with E-state index in [0.717, 1.165) is 0 Å². The van der Waals surface area contributed by atoms with Crippen molar-refractivity contribution in [1.82, 2.24) is 0 Å². The third kappa shape index (κ3) is 879. The third-order valence-corrected chi connectivity index (χ3v) is 0. The molecule has 0 rings (SSSR count). The number of halogens is 2. The van der Waals surface area contributed by atoms with Crippen LogP contribution in [0.3, 0.4) is 0 Å². The summed E-state index contributed by atoms with van der Waals surface area (Å²) in [5.41, 5.74) is 0. The van der Waals surface area contributed by atoms with Gasteiger partial charge in [0, 0.05) is 17.6 Å². The molecule has 0 fully saturated rings. The molecular formula is C6H18F2Si2Ti. The van der Waals surface area contributed by atoms with E-state index < -0.39 is 0 Å². The standard InChI is InChI=1S/2C3H9Si.2FH.Ti/c2*1-4(2)3;;;/h2*1-3H3;2*1H;/q;;;;+2/p-2. The zero-order valence-electron chi connectivity index (χ0n) is 8.26. The summed E-state index contributed by atoms with van der Waals surface area (Å²) in [4.78, 5) is 0. The second kappa shape index (κ2) is 22.4. The van der Waals surface area contributed by atoms with Crippen LogP contribution >= 0.6 is 0 Å². The van der Waals surface area contributed by atoms with Crippen molar-refractivity contribution in [2.75, 3.05) is 0 Å². The Bertz CT molecular complexity index is 34.1. The maximum atomic E-state index is 2.27. The molecule has 68 valence electrons. The Hall–Kier alpha value is 1.01. The van der Waals surface area contributed by atoms with Gasteiger partial charge < -0.3 is 9.41 Å². The van der Waals surface area contributed by atoms with Crippen LogP contribution < -0.4 is 9.41 Å². The van der Waals surface area contributed by atoms with Gasteiger partial charge in [0.2, 0.25) is 0 Å². The van der Waals surface area contributed by atoms with E-state index >= 15 is 0 Å². The second-order valence-corrected chi connectivity index (χ2v) is 9.00. The van der Waals surface area contributed by atoms with Gasteiger partial charge >= 0.3 is 21.7 Å². The van der Waals surface area contributed by atoms with Gasteiger partial charge in [-0.1, -0.05) is 39.3 Å². The van der Waals surface area contributed by atoms with Crippen LogP contribution in [0.4, 0.5) is 0 Å². The fraction of sp³-hybridized carbons (Fsp3) is 1.00. The van der Waals surface area contributed by atoms with Crippen molar-refractivity contribution in [1.29, 1.82) is 0 Å². The summed E-state index contributed by atoms with van der Waals surface area (Å²) in [7, 11) is 0.241. The Balaban J connectivity index is -0.0000000171. The molecule has 0 aliphatic rings. The Morgan fingerprint density at radius 1 is 0.545 bits per heavy atom. The summed E-state index contributed by atoms with van der Waals surface area (Å²) in [6.45, 7) is 13.6.